The average molecular weight is 350 g/mol. The number of urea groups is 1. The fourth-order valence-corrected chi connectivity index (χ4v) is 2.32. The van der Waals surface area contributed by atoms with Gasteiger partial charge in [0.25, 0.3) is 5.69 Å². The molecule has 0 radical (unpaired) electrons. The zero-order chi connectivity index (χ0) is 17.5. The molecule has 0 saturated carbocycles. The second-order valence-electron chi connectivity index (χ2n) is 4.86. The molecule has 0 atom stereocenters. The summed E-state index contributed by atoms with van der Waals surface area (Å²) in [5.74, 6) is 0.335. The Balaban J connectivity index is 1.95. The summed E-state index contributed by atoms with van der Waals surface area (Å²) in [6, 6.07) is 10.9. The molecular weight excluding hydrogens is 334 g/mol. The Labute approximate surface area is 143 Å². The summed E-state index contributed by atoms with van der Waals surface area (Å²) in [6.45, 7) is 0.368. The van der Waals surface area contributed by atoms with Gasteiger partial charge in [0.15, 0.2) is 0 Å². The minimum absolute atomic E-state index is 0.137. The highest BCUT2D eigenvalue weighted by molar-refractivity contribution is 6.31. The Morgan fingerprint density at radius 2 is 2.04 bits per heavy atom. The van der Waals surface area contributed by atoms with Crippen molar-refractivity contribution in [3.8, 4) is 5.75 Å². The number of methoxy groups -OCH3 is 1. The molecule has 126 valence electrons. The zero-order valence-electron chi connectivity index (χ0n) is 12.9. The third kappa shape index (κ3) is 4.60. The molecule has 0 saturated heterocycles. The zero-order valence-corrected chi connectivity index (χ0v) is 13.7. The van der Waals surface area contributed by atoms with E-state index in [0.717, 1.165) is 5.56 Å². The molecule has 24 heavy (non-hydrogen) atoms. The van der Waals surface area contributed by atoms with Gasteiger partial charge >= 0.3 is 6.03 Å². The fourth-order valence-electron chi connectivity index (χ4n) is 2.09. The highest BCUT2D eigenvalue weighted by Gasteiger charge is 2.13. The maximum atomic E-state index is 12.0. The summed E-state index contributed by atoms with van der Waals surface area (Å²) in [6.07, 6.45) is 0.569. The second-order valence-corrected chi connectivity index (χ2v) is 5.27. The van der Waals surface area contributed by atoms with Gasteiger partial charge in [-0.25, -0.2) is 4.79 Å². The van der Waals surface area contributed by atoms with Gasteiger partial charge in [-0.15, -0.1) is 0 Å². The van der Waals surface area contributed by atoms with E-state index >= 15 is 0 Å². The molecule has 0 unspecified atom stereocenters. The molecular formula is C16H16ClN3O4. The molecule has 2 amide bonds. The number of carbonyl (C=O) groups excluding carboxylic acids is 1. The first-order valence-corrected chi connectivity index (χ1v) is 7.49. The van der Waals surface area contributed by atoms with E-state index in [-0.39, 0.29) is 11.4 Å². The molecule has 2 rings (SSSR count). The summed E-state index contributed by atoms with van der Waals surface area (Å²) in [5.41, 5.74) is 1.01. The van der Waals surface area contributed by atoms with Crippen molar-refractivity contribution >= 4 is 29.0 Å². The smallest absolute Gasteiger partial charge is 0.319 e. The molecule has 2 aromatic carbocycles. The van der Waals surface area contributed by atoms with E-state index < -0.39 is 11.0 Å². The van der Waals surface area contributed by atoms with E-state index in [1.807, 2.05) is 18.2 Å². The van der Waals surface area contributed by atoms with Crippen molar-refractivity contribution in [3.05, 3.63) is 63.2 Å². The van der Waals surface area contributed by atoms with Gasteiger partial charge < -0.3 is 15.4 Å². The number of nitrogens with one attached hydrogen (secondary N) is 2. The summed E-state index contributed by atoms with van der Waals surface area (Å²) in [4.78, 5) is 22.2. The van der Waals surface area contributed by atoms with Gasteiger partial charge in [-0.2, -0.15) is 0 Å². The summed E-state index contributed by atoms with van der Waals surface area (Å²) in [5, 5.41) is 16.7. The van der Waals surface area contributed by atoms with Gasteiger partial charge in [0.2, 0.25) is 0 Å². The van der Waals surface area contributed by atoms with E-state index in [9.17, 15) is 14.9 Å². The maximum Gasteiger partial charge on any atom is 0.319 e. The number of halogens is 1. The molecule has 0 bridgehead atoms. The summed E-state index contributed by atoms with van der Waals surface area (Å²) < 4.78 is 5.09. The number of hydrogen-bond donors (Lipinski definition) is 2. The largest absolute Gasteiger partial charge is 0.495 e. The van der Waals surface area contributed by atoms with Crippen LogP contribution in [-0.2, 0) is 6.42 Å². The Morgan fingerprint density at radius 3 is 2.71 bits per heavy atom. The Bertz CT molecular complexity index is 752. The van der Waals surface area contributed by atoms with Gasteiger partial charge in [0, 0.05) is 23.7 Å². The molecule has 2 N–H and O–H groups in total. The van der Waals surface area contributed by atoms with Crippen molar-refractivity contribution in [1.82, 2.24) is 5.32 Å². The van der Waals surface area contributed by atoms with Crippen LogP contribution in [0.2, 0.25) is 5.02 Å². The fraction of sp³-hybridized carbons (Fsp3) is 0.188. The lowest BCUT2D eigenvalue weighted by molar-refractivity contribution is -0.384. The van der Waals surface area contributed by atoms with Gasteiger partial charge in [-0.3, -0.25) is 10.1 Å². The average Bonchev–Trinajstić information content (AvgIpc) is 2.56. The molecule has 8 heteroatoms. The number of nitro benzene ring substituents is 1. The van der Waals surface area contributed by atoms with Crippen LogP contribution in [0.3, 0.4) is 0 Å². The van der Waals surface area contributed by atoms with Crippen molar-refractivity contribution in [3.63, 3.8) is 0 Å². The van der Waals surface area contributed by atoms with Crippen LogP contribution < -0.4 is 15.4 Å². The van der Waals surface area contributed by atoms with E-state index in [4.69, 9.17) is 16.3 Å². The maximum absolute atomic E-state index is 12.0. The van der Waals surface area contributed by atoms with Crippen LogP contribution in [0.25, 0.3) is 0 Å². The van der Waals surface area contributed by atoms with Crippen LogP contribution in [0.4, 0.5) is 16.2 Å². The molecule has 2 aromatic rings. The van der Waals surface area contributed by atoms with Gasteiger partial charge in [-0.1, -0.05) is 29.8 Å². The standard InChI is InChI=1S/C16H16ClN3O4/c1-24-15-7-6-12(20(22)23)10-14(15)19-16(21)18-9-8-11-4-2-3-5-13(11)17/h2-7,10H,8-9H2,1H3,(H2,18,19,21). The molecule has 0 aliphatic carbocycles. The number of ether oxygens (including phenoxy) is 1. The number of anilines is 1. The minimum atomic E-state index is -0.542. The molecule has 0 aliphatic rings. The number of hydrogen-bond acceptors (Lipinski definition) is 4. The lowest BCUT2D eigenvalue weighted by atomic mass is 10.1. The van der Waals surface area contributed by atoms with Crippen molar-refractivity contribution in [2.75, 3.05) is 19.0 Å². The molecule has 0 heterocycles. The predicted molar refractivity (Wildman–Crippen MR) is 91.8 cm³/mol. The van der Waals surface area contributed by atoms with Gasteiger partial charge in [-0.05, 0) is 24.1 Å². The second kappa shape index (κ2) is 8.16. The molecule has 7 nitrogen and oxygen atoms in total. The van der Waals surface area contributed by atoms with Crippen molar-refractivity contribution < 1.29 is 14.5 Å². The lowest BCUT2D eigenvalue weighted by Gasteiger charge is -2.11. The Hall–Kier alpha value is -2.80. The minimum Gasteiger partial charge on any atom is -0.495 e. The molecule has 0 spiro atoms. The van der Waals surface area contributed by atoms with Crippen LogP contribution in [0.5, 0.6) is 5.75 Å². The highest BCUT2D eigenvalue weighted by atomic mass is 35.5. The van der Waals surface area contributed by atoms with E-state index in [2.05, 4.69) is 10.6 Å². The van der Waals surface area contributed by atoms with Crippen molar-refractivity contribution in [1.29, 1.82) is 0 Å². The quantitative estimate of drug-likeness (QED) is 0.615. The number of carbonyl (C=O) groups is 1. The van der Waals surface area contributed by atoms with Crippen molar-refractivity contribution in [2.45, 2.75) is 6.42 Å². The van der Waals surface area contributed by atoms with Crippen LogP contribution in [0.1, 0.15) is 5.56 Å². The van der Waals surface area contributed by atoms with Crippen molar-refractivity contribution in [2.24, 2.45) is 0 Å². The summed E-state index contributed by atoms with van der Waals surface area (Å²) in [7, 11) is 1.42. The Kier molecular flexibility index (Phi) is 5.97. The number of rotatable bonds is 6. The topological polar surface area (TPSA) is 93.5 Å². The highest BCUT2D eigenvalue weighted by Crippen LogP contribution is 2.28. The number of benzene rings is 2. The first-order chi connectivity index (χ1) is 11.5. The third-order valence-corrected chi connectivity index (χ3v) is 3.65. The van der Waals surface area contributed by atoms with E-state index in [1.165, 1.54) is 25.3 Å². The summed E-state index contributed by atoms with van der Waals surface area (Å²) >= 11 is 6.05. The molecule has 0 fully saturated rings. The van der Waals surface area contributed by atoms with E-state index in [1.54, 1.807) is 6.07 Å². The first-order valence-electron chi connectivity index (χ1n) is 7.12. The first kappa shape index (κ1) is 17.6. The molecule has 0 aromatic heterocycles. The number of amides is 2. The lowest BCUT2D eigenvalue weighted by Crippen LogP contribution is -2.30. The van der Waals surface area contributed by atoms with E-state index in [0.29, 0.717) is 23.7 Å². The van der Waals surface area contributed by atoms with Crippen LogP contribution in [-0.4, -0.2) is 24.6 Å². The number of non-ortho nitro benzene ring substituents is 1. The van der Waals surface area contributed by atoms with Gasteiger partial charge in [0.05, 0.1) is 17.7 Å². The SMILES string of the molecule is COc1ccc([N+](=O)[O-])cc1NC(=O)NCCc1ccccc1Cl. The third-order valence-electron chi connectivity index (χ3n) is 3.28. The number of nitro groups is 1. The monoisotopic (exact) mass is 349 g/mol. The van der Waals surface area contributed by atoms with Crippen LogP contribution in [0, 0.1) is 10.1 Å². The normalized spacial score (nSPS) is 10.1. The number of nitrogens with zero attached hydrogens (tertiary/aromatic N) is 1. The Morgan fingerprint density at radius 1 is 1.29 bits per heavy atom. The predicted octanol–water partition coefficient (Wildman–Crippen LogP) is 3.62. The molecule has 0 aliphatic heterocycles. The van der Waals surface area contributed by atoms with Crippen LogP contribution in [0.15, 0.2) is 42.5 Å². The van der Waals surface area contributed by atoms with Gasteiger partial charge in [0.1, 0.15) is 5.75 Å². The van der Waals surface area contributed by atoms with Crippen LogP contribution >= 0.6 is 11.6 Å².